The summed E-state index contributed by atoms with van der Waals surface area (Å²) in [5.74, 6) is 0.126. The van der Waals surface area contributed by atoms with Crippen molar-refractivity contribution in [3.8, 4) is 0 Å². The Labute approximate surface area is 151 Å². The SMILES string of the molecule is NC1=NC2(CCCCC2)N(c2cccc(N3C(=O)CCC3=O)c2)C(N)=N1. The lowest BCUT2D eigenvalue weighted by atomic mass is 9.87. The number of nitrogens with zero attached hydrogens (tertiary/aromatic N) is 4. The Morgan fingerprint density at radius 2 is 1.62 bits per heavy atom. The number of anilines is 2. The van der Waals surface area contributed by atoms with E-state index in [1.165, 1.54) is 4.90 Å². The zero-order valence-corrected chi connectivity index (χ0v) is 14.5. The van der Waals surface area contributed by atoms with E-state index in [2.05, 4.69) is 9.98 Å². The van der Waals surface area contributed by atoms with Gasteiger partial charge in [-0.1, -0.05) is 12.5 Å². The number of amides is 2. The third-order valence-corrected chi connectivity index (χ3v) is 5.25. The number of benzene rings is 1. The zero-order valence-electron chi connectivity index (χ0n) is 14.5. The fraction of sp³-hybridized carbons (Fsp3) is 0.444. The molecule has 0 atom stereocenters. The maximum absolute atomic E-state index is 12.1. The summed E-state index contributed by atoms with van der Waals surface area (Å²) in [4.78, 5) is 36.1. The van der Waals surface area contributed by atoms with Gasteiger partial charge in [0.1, 0.15) is 5.66 Å². The second-order valence-corrected chi connectivity index (χ2v) is 6.96. The first-order valence-electron chi connectivity index (χ1n) is 8.96. The van der Waals surface area contributed by atoms with E-state index in [4.69, 9.17) is 11.5 Å². The lowest BCUT2D eigenvalue weighted by Gasteiger charge is -2.45. The van der Waals surface area contributed by atoms with Crippen LogP contribution in [0.15, 0.2) is 34.3 Å². The number of carbonyl (C=O) groups is 2. The fourth-order valence-electron chi connectivity index (χ4n) is 4.13. The van der Waals surface area contributed by atoms with Crippen LogP contribution in [0.4, 0.5) is 11.4 Å². The average Bonchev–Trinajstić information content (AvgIpc) is 2.93. The smallest absolute Gasteiger partial charge is 0.234 e. The molecule has 0 radical (unpaired) electrons. The van der Waals surface area contributed by atoms with Gasteiger partial charge in [-0.2, -0.15) is 4.99 Å². The van der Waals surface area contributed by atoms with E-state index in [9.17, 15) is 9.59 Å². The minimum absolute atomic E-state index is 0.179. The van der Waals surface area contributed by atoms with Crippen LogP contribution in [0.3, 0.4) is 0 Å². The average molecular weight is 354 g/mol. The van der Waals surface area contributed by atoms with Crippen molar-refractivity contribution in [3.63, 3.8) is 0 Å². The van der Waals surface area contributed by atoms with Gasteiger partial charge in [0, 0.05) is 18.5 Å². The van der Waals surface area contributed by atoms with Crippen LogP contribution in [0.2, 0.25) is 0 Å². The predicted molar refractivity (Wildman–Crippen MR) is 99.7 cm³/mol. The molecule has 2 fully saturated rings. The number of aliphatic imine (C=N–C) groups is 2. The van der Waals surface area contributed by atoms with Crippen molar-refractivity contribution in [3.05, 3.63) is 24.3 Å². The Balaban J connectivity index is 1.76. The maximum Gasteiger partial charge on any atom is 0.234 e. The molecular weight excluding hydrogens is 332 g/mol. The molecule has 8 heteroatoms. The molecule has 1 spiro atoms. The lowest BCUT2D eigenvalue weighted by Crippen LogP contribution is -2.58. The van der Waals surface area contributed by atoms with Crippen LogP contribution in [0.25, 0.3) is 0 Å². The summed E-state index contributed by atoms with van der Waals surface area (Å²) in [5.41, 5.74) is 12.9. The Kier molecular flexibility index (Phi) is 3.90. The van der Waals surface area contributed by atoms with Gasteiger partial charge < -0.3 is 11.5 Å². The molecule has 0 aromatic heterocycles. The van der Waals surface area contributed by atoms with E-state index >= 15 is 0 Å². The van der Waals surface area contributed by atoms with Crippen LogP contribution in [0, 0.1) is 0 Å². The predicted octanol–water partition coefficient (Wildman–Crippen LogP) is 1.45. The van der Waals surface area contributed by atoms with Gasteiger partial charge in [0.25, 0.3) is 0 Å². The van der Waals surface area contributed by atoms with Gasteiger partial charge >= 0.3 is 0 Å². The van der Waals surface area contributed by atoms with Crippen molar-refractivity contribution < 1.29 is 9.59 Å². The van der Waals surface area contributed by atoms with Gasteiger partial charge in [0.05, 0.1) is 5.69 Å². The highest BCUT2D eigenvalue weighted by Gasteiger charge is 2.43. The molecule has 1 aromatic carbocycles. The topological polar surface area (TPSA) is 117 Å². The summed E-state index contributed by atoms with van der Waals surface area (Å²) >= 11 is 0. The first-order valence-corrected chi connectivity index (χ1v) is 8.96. The third kappa shape index (κ3) is 2.61. The van der Waals surface area contributed by atoms with Gasteiger partial charge in [-0.05, 0) is 43.9 Å². The molecule has 8 nitrogen and oxygen atoms in total. The molecule has 4 rings (SSSR count). The van der Waals surface area contributed by atoms with Crippen molar-refractivity contribution in [1.82, 2.24) is 0 Å². The number of imide groups is 1. The molecule has 2 heterocycles. The summed E-state index contributed by atoms with van der Waals surface area (Å²) in [6.45, 7) is 0. The van der Waals surface area contributed by atoms with Gasteiger partial charge in [0.2, 0.25) is 23.7 Å². The minimum Gasteiger partial charge on any atom is -0.369 e. The minimum atomic E-state index is -0.550. The fourth-order valence-corrected chi connectivity index (χ4v) is 4.13. The Morgan fingerprint density at radius 1 is 0.962 bits per heavy atom. The zero-order chi connectivity index (χ0) is 18.3. The normalized spacial score (nSPS) is 22.6. The molecule has 0 bridgehead atoms. The van der Waals surface area contributed by atoms with Crippen molar-refractivity contribution in [2.75, 3.05) is 9.80 Å². The van der Waals surface area contributed by atoms with E-state index in [1.54, 1.807) is 12.1 Å². The van der Waals surface area contributed by atoms with Gasteiger partial charge in [0.15, 0.2) is 0 Å². The van der Waals surface area contributed by atoms with E-state index in [0.717, 1.165) is 37.8 Å². The number of rotatable bonds is 2. The molecule has 1 aromatic rings. The molecule has 2 amide bonds. The molecule has 1 aliphatic carbocycles. The highest BCUT2D eigenvalue weighted by Crippen LogP contribution is 2.40. The molecular formula is C18H22N6O2. The third-order valence-electron chi connectivity index (χ3n) is 5.25. The van der Waals surface area contributed by atoms with Crippen LogP contribution in [-0.2, 0) is 9.59 Å². The van der Waals surface area contributed by atoms with E-state index in [-0.39, 0.29) is 36.6 Å². The highest BCUT2D eigenvalue weighted by molar-refractivity contribution is 6.20. The standard InChI is InChI=1S/C18H22N6O2/c19-16-21-17(20)24(18(22-16)9-2-1-3-10-18)13-6-4-5-12(11-13)23-14(25)7-8-15(23)26/h4-6,11H,1-3,7-10H2,(H4,19,20,21,22). The van der Waals surface area contributed by atoms with Gasteiger partial charge in [-0.3, -0.25) is 19.4 Å². The second-order valence-electron chi connectivity index (χ2n) is 6.96. The number of hydrogen-bond donors (Lipinski definition) is 2. The van der Waals surface area contributed by atoms with Crippen molar-refractivity contribution in [1.29, 1.82) is 0 Å². The molecule has 136 valence electrons. The molecule has 26 heavy (non-hydrogen) atoms. The second kappa shape index (κ2) is 6.12. The molecule has 0 unspecified atom stereocenters. The van der Waals surface area contributed by atoms with Crippen molar-refractivity contribution in [2.24, 2.45) is 21.5 Å². The Bertz CT molecular complexity index is 809. The summed E-state index contributed by atoms with van der Waals surface area (Å²) in [7, 11) is 0. The number of hydrogen-bond acceptors (Lipinski definition) is 7. The summed E-state index contributed by atoms with van der Waals surface area (Å²) in [6.07, 6.45) is 5.37. The molecule has 1 saturated carbocycles. The van der Waals surface area contributed by atoms with Crippen molar-refractivity contribution >= 4 is 35.1 Å². The van der Waals surface area contributed by atoms with Crippen LogP contribution in [0.5, 0.6) is 0 Å². The van der Waals surface area contributed by atoms with Crippen LogP contribution < -0.4 is 21.3 Å². The summed E-state index contributed by atoms with van der Waals surface area (Å²) < 4.78 is 0. The van der Waals surface area contributed by atoms with Crippen LogP contribution >= 0.6 is 0 Å². The highest BCUT2D eigenvalue weighted by atomic mass is 16.2. The lowest BCUT2D eigenvalue weighted by molar-refractivity contribution is -0.121. The van der Waals surface area contributed by atoms with E-state index in [0.29, 0.717) is 5.69 Å². The number of carbonyl (C=O) groups excluding carboxylic acids is 2. The Hall–Kier alpha value is -2.90. The first-order chi connectivity index (χ1) is 12.5. The summed E-state index contributed by atoms with van der Waals surface area (Å²) in [5, 5.41) is 0. The molecule has 3 aliphatic rings. The first kappa shape index (κ1) is 16.6. The molecule has 1 saturated heterocycles. The van der Waals surface area contributed by atoms with Crippen molar-refractivity contribution in [2.45, 2.75) is 50.6 Å². The quantitative estimate of drug-likeness (QED) is 0.780. The van der Waals surface area contributed by atoms with Crippen LogP contribution in [0.1, 0.15) is 44.9 Å². The van der Waals surface area contributed by atoms with E-state index < -0.39 is 5.66 Å². The Morgan fingerprint density at radius 3 is 2.31 bits per heavy atom. The molecule has 2 aliphatic heterocycles. The largest absolute Gasteiger partial charge is 0.369 e. The summed E-state index contributed by atoms with van der Waals surface area (Å²) in [6, 6.07) is 7.27. The maximum atomic E-state index is 12.1. The number of guanidine groups is 2. The number of nitrogens with two attached hydrogens (primary N) is 2. The molecule has 4 N–H and O–H groups in total. The van der Waals surface area contributed by atoms with E-state index in [1.807, 2.05) is 17.0 Å². The van der Waals surface area contributed by atoms with Gasteiger partial charge in [-0.15, -0.1) is 0 Å². The van der Waals surface area contributed by atoms with Gasteiger partial charge in [-0.25, -0.2) is 4.99 Å². The van der Waals surface area contributed by atoms with Crippen LogP contribution in [-0.4, -0.2) is 29.4 Å². The monoisotopic (exact) mass is 354 g/mol.